The van der Waals surface area contributed by atoms with Crippen molar-refractivity contribution in [2.24, 2.45) is 0 Å². The number of likely N-dealkylation sites (N-methyl/N-ethyl adjacent to an activating group) is 1. The molecule has 1 N–H and O–H groups in total. The van der Waals surface area contributed by atoms with Crippen LogP contribution >= 0.6 is 0 Å². The first-order chi connectivity index (χ1) is 14.9. The summed E-state index contributed by atoms with van der Waals surface area (Å²) in [5.74, 6) is 0.0227. The van der Waals surface area contributed by atoms with Gasteiger partial charge in [-0.05, 0) is 49.6 Å². The molecule has 166 valence electrons. The van der Waals surface area contributed by atoms with E-state index < -0.39 is 0 Å². The quantitative estimate of drug-likeness (QED) is 0.706. The molecule has 0 radical (unpaired) electrons. The van der Waals surface area contributed by atoms with Crippen molar-refractivity contribution in [3.63, 3.8) is 0 Å². The van der Waals surface area contributed by atoms with E-state index >= 15 is 0 Å². The summed E-state index contributed by atoms with van der Waals surface area (Å²) in [5, 5.41) is 2.95. The summed E-state index contributed by atoms with van der Waals surface area (Å²) in [6.45, 7) is 4.78. The van der Waals surface area contributed by atoms with E-state index in [-0.39, 0.29) is 18.4 Å². The van der Waals surface area contributed by atoms with Crippen molar-refractivity contribution in [2.75, 3.05) is 27.2 Å². The van der Waals surface area contributed by atoms with E-state index in [1.54, 1.807) is 38.4 Å². The van der Waals surface area contributed by atoms with E-state index in [1.807, 2.05) is 0 Å². The molecule has 3 rings (SSSR count). The van der Waals surface area contributed by atoms with Crippen LogP contribution in [0.1, 0.15) is 47.7 Å². The minimum atomic E-state index is -0.223. The zero-order valence-corrected chi connectivity index (χ0v) is 18.8. The van der Waals surface area contributed by atoms with Gasteiger partial charge in [-0.1, -0.05) is 42.8 Å². The Bertz CT molecular complexity index is 880. The van der Waals surface area contributed by atoms with E-state index in [9.17, 15) is 9.59 Å². The molecule has 6 nitrogen and oxygen atoms in total. The van der Waals surface area contributed by atoms with E-state index in [4.69, 9.17) is 4.74 Å². The van der Waals surface area contributed by atoms with Crippen LogP contribution in [0.15, 0.2) is 48.5 Å². The smallest absolute Gasteiger partial charge is 0.259 e. The van der Waals surface area contributed by atoms with Gasteiger partial charge in [0.25, 0.3) is 11.8 Å². The highest BCUT2D eigenvalue weighted by Gasteiger charge is 2.18. The molecule has 1 fully saturated rings. The standard InChI is InChI=1S/C25H33N3O3/c1-19-8-6-7-15-28(19)17-21-13-11-20(12-14-21)16-26-25(30)22-9-4-5-10-23(22)31-18-24(29)27(2)3/h4-5,9-14,19H,6-8,15-18H2,1-3H3,(H,26,30). The number of benzene rings is 2. The number of hydrogen-bond donors (Lipinski definition) is 1. The van der Waals surface area contributed by atoms with Gasteiger partial charge < -0.3 is 15.0 Å². The number of amides is 2. The highest BCUT2D eigenvalue weighted by atomic mass is 16.5. The van der Waals surface area contributed by atoms with Crippen LogP contribution in [0, 0.1) is 0 Å². The Balaban J connectivity index is 1.54. The van der Waals surface area contributed by atoms with E-state index in [0.29, 0.717) is 23.9 Å². The Morgan fingerprint density at radius 3 is 2.48 bits per heavy atom. The number of hydrogen-bond acceptors (Lipinski definition) is 4. The fourth-order valence-corrected chi connectivity index (χ4v) is 3.72. The van der Waals surface area contributed by atoms with Crippen molar-refractivity contribution >= 4 is 11.8 Å². The van der Waals surface area contributed by atoms with Crippen molar-refractivity contribution in [1.29, 1.82) is 0 Å². The number of likely N-dealkylation sites (tertiary alicyclic amines) is 1. The monoisotopic (exact) mass is 423 g/mol. The molecular weight excluding hydrogens is 390 g/mol. The number of rotatable bonds is 8. The number of carbonyl (C=O) groups excluding carboxylic acids is 2. The third kappa shape index (κ3) is 6.56. The van der Waals surface area contributed by atoms with E-state index in [2.05, 4.69) is 41.4 Å². The zero-order chi connectivity index (χ0) is 22.2. The van der Waals surface area contributed by atoms with Crippen LogP contribution in [-0.2, 0) is 17.9 Å². The van der Waals surface area contributed by atoms with Crippen LogP contribution in [0.2, 0.25) is 0 Å². The maximum atomic E-state index is 12.7. The molecule has 0 aliphatic carbocycles. The minimum Gasteiger partial charge on any atom is -0.483 e. The highest BCUT2D eigenvalue weighted by molar-refractivity contribution is 5.97. The SMILES string of the molecule is CC1CCCCN1Cc1ccc(CNC(=O)c2ccccc2OCC(=O)N(C)C)cc1. The summed E-state index contributed by atoms with van der Waals surface area (Å²) < 4.78 is 5.57. The lowest BCUT2D eigenvalue weighted by Crippen LogP contribution is -2.36. The molecule has 2 aromatic carbocycles. The van der Waals surface area contributed by atoms with E-state index in [1.165, 1.54) is 36.3 Å². The Morgan fingerprint density at radius 1 is 1.06 bits per heavy atom. The number of nitrogens with zero attached hydrogens (tertiary/aromatic N) is 2. The summed E-state index contributed by atoms with van der Waals surface area (Å²) >= 11 is 0. The Hall–Kier alpha value is -2.86. The lowest BCUT2D eigenvalue weighted by Gasteiger charge is -2.33. The van der Waals surface area contributed by atoms with Gasteiger partial charge in [-0.2, -0.15) is 0 Å². The topological polar surface area (TPSA) is 61.9 Å². The number of ether oxygens (including phenoxy) is 1. The van der Waals surface area contributed by atoms with Crippen molar-refractivity contribution in [3.8, 4) is 5.75 Å². The first kappa shape index (κ1) is 22.8. The zero-order valence-electron chi connectivity index (χ0n) is 18.8. The van der Waals surface area contributed by atoms with Crippen LogP contribution < -0.4 is 10.1 Å². The Morgan fingerprint density at radius 2 is 1.77 bits per heavy atom. The lowest BCUT2D eigenvalue weighted by atomic mass is 10.0. The lowest BCUT2D eigenvalue weighted by molar-refractivity contribution is -0.130. The van der Waals surface area contributed by atoms with Crippen molar-refractivity contribution in [2.45, 2.75) is 45.3 Å². The van der Waals surface area contributed by atoms with Crippen molar-refractivity contribution < 1.29 is 14.3 Å². The summed E-state index contributed by atoms with van der Waals surface area (Å²) in [5.41, 5.74) is 2.77. The average Bonchev–Trinajstić information content (AvgIpc) is 2.78. The molecule has 1 aliphatic rings. The summed E-state index contributed by atoms with van der Waals surface area (Å²) in [6.07, 6.45) is 3.89. The molecule has 1 heterocycles. The van der Waals surface area contributed by atoms with Crippen LogP contribution in [0.4, 0.5) is 0 Å². The predicted molar refractivity (Wildman–Crippen MR) is 122 cm³/mol. The van der Waals surface area contributed by atoms with Crippen LogP contribution in [0.25, 0.3) is 0 Å². The fraction of sp³-hybridized carbons (Fsp3) is 0.440. The average molecular weight is 424 g/mol. The molecule has 31 heavy (non-hydrogen) atoms. The summed E-state index contributed by atoms with van der Waals surface area (Å²) in [6, 6.07) is 16.1. The molecule has 2 aromatic rings. The Labute approximate surface area is 185 Å². The highest BCUT2D eigenvalue weighted by Crippen LogP contribution is 2.20. The first-order valence-electron chi connectivity index (χ1n) is 11.0. The number of nitrogens with one attached hydrogen (secondary N) is 1. The van der Waals surface area contributed by atoms with Gasteiger partial charge in [0.1, 0.15) is 5.75 Å². The van der Waals surface area contributed by atoms with Crippen LogP contribution in [0.5, 0.6) is 5.75 Å². The Kier molecular flexibility index (Phi) is 8.06. The number of carbonyl (C=O) groups is 2. The van der Waals surface area contributed by atoms with Crippen molar-refractivity contribution in [3.05, 3.63) is 65.2 Å². The van der Waals surface area contributed by atoms with Crippen LogP contribution in [0.3, 0.4) is 0 Å². The normalized spacial score (nSPS) is 16.5. The summed E-state index contributed by atoms with van der Waals surface area (Å²) in [7, 11) is 3.34. The van der Waals surface area contributed by atoms with Gasteiger partial charge >= 0.3 is 0 Å². The van der Waals surface area contributed by atoms with Gasteiger partial charge in [0.2, 0.25) is 0 Å². The minimum absolute atomic E-state index is 0.103. The van der Waals surface area contributed by atoms with Gasteiger partial charge in [0.05, 0.1) is 5.56 Å². The maximum Gasteiger partial charge on any atom is 0.259 e. The predicted octanol–water partition coefficient (Wildman–Crippen LogP) is 3.46. The largest absolute Gasteiger partial charge is 0.483 e. The third-order valence-corrected chi connectivity index (χ3v) is 5.78. The van der Waals surface area contributed by atoms with Gasteiger partial charge in [-0.25, -0.2) is 0 Å². The maximum absolute atomic E-state index is 12.7. The number of para-hydroxylation sites is 1. The van der Waals surface area contributed by atoms with Gasteiger partial charge in [0, 0.05) is 33.2 Å². The number of piperidine rings is 1. The molecule has 0 saturated carbocycles. The third-order valence-electron chi connectivity index (χ3n) is 5.78. The van der Waals surface area contributed by atoms with Gasteiger partial charge in [-0.15, -0.1) is 0 Å². The molecule has 0 aromatic heterocycles. The second-order valence-electron chi connectivity index (χ2n) is 8.39. The molecule has 1 aliphatic heterocycles. The van der Waals surface area contributed by atoms with Crippen LogP contribution in [-0.4, -0.2) is 54.9 Å². The molecule has 0 spiro atoms. The van der Waals surface area contributed by atoms with Gasteiger partial charge in [-0.3, -0.25) is 14.5 Å². The molecule has 1 saturated heterocycles. The second kappa shape index (κ2) is 11.0. The molecule has 1 atom stereocenters. The first-order valence-corrected chi connectivity index (χ1v) is 11.0. The molecule has 2 amide bonds. The summed E-state index contributed by atoms with van der Waals surface area (Å²) in [4.78, 5) is 28.5. The molecular formula is C25H33N3O3. The van der Waals surface area contributed by atoms with Crippen molar-refractivity contribution in [1.82, 2.24) is 15.1 Å². The molecule has 0 bridgehead atoms. The van der Waals surface area contributed by atoms with Gasteiger partial charge in [0.15, 0.2) is 6.61 Å². The second-order valence-corrected chi connectivity index (χ2v) is 8.39. The van der Waals surface area contributed by atoms with E-state index in [0.717, 1.165) is 12.1 Å². The molecule has 6 heteroatoms. The fourth-order valence-electron chi connectivity index (χ4n) is 3.72. The molecule has 1 unspecified atom stereocenters.